The van der Waals surface area contributed by atoms with Gasteiger partial charge in [-0.3, -0.25) is 0 Å². The molecule has 1 aromatic rings. The Labute approximate surface area is 46.4 Å². The first-order chi connectivity index (χ1) is 4.20. The van der Waals surface area contributed by atoms with Crippen molar-refractivity contribution in [3.8, 4) is 0 Å². The third-order valence-corrected chi connectivity index (χ3v) is 0.628. The first-order valence-corrected chi connectivity index (χ1v) is 1.99. The first kappa shape index (κ1) is 3.95. The highest BCUT2D eigenvalue weighted by molar-refractivity contribution is 4.93. The Morgan fingerprint density at radius 2 is 2.25 bits per heavy atom. The molecule has 0 spiro atoms. The second-order valence-electron chi connectivity index (χ2n) is 1.20. The van der Waals surface area contributed by atoms with E-state index >= 15 is 0 Å². The Morgan fingerprint density at radius 1 is 1.50 bits per heavy atom. The quantitative estimate of drug-likeness (QED) is 0.466. The molecule has 42 valence electrons. The van der Waals surface area contributed by atoms with Crippen molar-refractivity contribution in [2.24, 2.45) is 0 Å². The summed E-state index contributed by atoms with van der Waals surface area (Å²) in [6.45, 7) is 0. The summed E-state index contributed by atoms with van der Waals surface area (Å²) >= 11 is 0. The molecule has 0 bridgehead atoms. The van der Waals surface area contributed by atoms with Gasteiger partial charge in [0.05, 0.1) is 1.37 Å². The minimum atomic E-state index is -1.07. The molecule has 0 atom stereocenters. The zero-order chi connectivity index (χ0) is 6.85. The van der Waals surface area contributed by atoms with E-state index in [4.69, 9.17) is 1.37 Å². The fraction of sp³-hybridized carbons (Fsp3) is 0. The molecule has 1 heterocycles. The molecule has 0 saturated heterocycles. The summed E-state index contributed by atoms with van der Waals surface area (Å²) in [6, 6.07) is 1.56. The molecule has 0 aliphatic heterocycles. The van der Waals surface area contributed by atoms with Gasteiger partial charge in [-0.1, -0.05) is 6.07 Å². The SMILES string of the molecule is [2H]c1ccc(F)nc1F. The Hall–Kier alpha value is -0.990. The monoisotopic (exact) mass is 116 g/mol. The predicted molar refractivity (Wildman–Crippen MR) is 24.2 cm³/mol. The van der Waals surface area contributed by atoms with Crippen LogP contribution in [-0.4, -0.2) is 4.98 Å². The van der Waals surface area contributed by atoms with Crippen LogP contribution in [0.5, 0.6) is 0 Å². The maximum Gasteiger partial charge on any atom is 0.215 e. The van der Waals surface area contributed by atoms with Gasteiger partial charge < -0.3 is 0 Å². The number of nitrogens with zero attached hydrogens (tertiary/aromatic N) is 1. The zero-order valence-electron chi connectivity index (χ0n) is 4.86. The zero-order valence-corrected chi connectivity index (χ0v) is 3.86. The van der Waals surface area contributed by atoms with Crippen LogP contribution in [0.15, 0.2) is 18.2 Å². The van der Waals surface area contributed by atoms with E-state index in [1.807, 2.05) is 0 Å². The highest BCUT2D eigenvalue weighted by Gasteiger charge is 1.89. The molecule has 0 aliphatic carbocycles. The average Bonchev–Trinajstić information content (AvgIpc) is 1.80. The fourth-order valence-corrected chi connectivity index (χ4v) is 0.343. The van der Waals surface area contributed by atoms with Gasteiger partial charge in [-0.2, -0.15) is 13.8 Å². The largest absolute Gasteiger partial charge is 0.215 e. The maximum atomic E-state index is 12.0. The van der Waals surface area contributed by atoms with Gasteiger partial charge in [-0.15, -0.1) is 0 Å². The molecule has 1 nitrogen and oxygen atoms in total. The van der Waals surface area contributed by atoms with Crippen molar-refractivity contribution in [2.45, 2.75) is 0 Å². The van der Waals surface area contributed by atoms with E-state index in [9.17, 15) is 8.78 Å². The standard InChI is InChI=1S/C5H3F2N/c6-4-2-1-3-5(7)8-4/h1-3H/i2D. The molecule has 1 aromatic heterocycles. The Balaban J connectivity index is 3.17. The topological polar surface area (TPSA) is 12.9 Å². The molecule has 0 fully saturated rings. The smallest absolute Gasteiger partial charge is 0.191 e. The van der Waals surface area contributed by atoms with Crippen LogP contribution in [0.2, 0.25) is 0 Å². The van der Waals surface area contributed by atoms with Gasteiger partial charge in [0.1, 0.15) is 0 Å². The van der Waals surface area contributed by atoms with E-state index in [0.29, 0.717) is 0 Å². The van der Waals surface area contributed by atoms with E-state index in [2.05, 4.69) is 4.98 Å². The third kappa shape index (κ3) is 0.992. The summed E-state index contributed by atoms with van der Waals surface area (Å²) < 4.78 is 30.7. The van der Waals surface area contributed by atoms with Crippen LogP contribution in [0.1, 0.15) is 1.37 Å². The second-order valence-corrected chi connectivity index (χ2v) is 1.20. The van der Waals surface area contributed by atoms with Gasteiger partial charge in [-0.25, -0.2) is 0 Å². The summed E-state index contributed by atoms with van der Waals surface area (Å²) in [5.74, 6) is -1.97. The molecular weight excluding hydrogens is 112 g/mol. The lowest BCUT2D eigenvalue weighted by Gasteiger charge is -1.83. The van der Waals surface area contributed by atoms with Crippen molar-refractivity contribution in [1.29, 1.82) is 0 Å². The molecule has 0 radical (unpaired) electrons. The lowest BCUT2D eigenvalue weighted by Crippen LogP contribution is -1.83. The minimum absolute atomic E-state index is 0.392. The highest BCUT2D eigenvalue weighted by atomic mass is 19.1. The number of hydrogen-bond acceptors (Lipinski definition) is 1. The molecule has 1 rings (SSSR count). The summed E-state index contributed by atoms with van der Waals surface area (Å²) in [5.41, 5.74) is 0. The normalized spacial score (nSPS) is 11.0. The van der Waals surface area contributed by atoms with Crippen LogP contribution >= 0.6 is 0 Å². The lowest BCUT2D eigenvalue weighted by atomic mass is 10.5. The van der Waals surface area contributed by atoms with Crippen molar-refractivity contribution in [3.05, 3.63) is 30.1 Å². The van der Waals surface area contributed by atoms with Gasteiger partial charge in [0, 0.05) is 0 Å². The molecular formula is C5H3F2N. The summed E-state index contributed by atoms with van der Waals surface area (Å²) in [6.07, 6.45) is 0. The van der Waals surface area contributed by atoms with Gasteiger partial charge in [0.25, 0.3) is 0 Å². The number of halogens is 2. The molecule has 0 amide bonds. The van der Waals surface area contributed by atoms with Crippen LogP contribution in [-0.2, 0) is 0 Å². The number of hydrogen-bond donors (Lipinski definition) is 0. The van der Waals surface area contributed by atoms with Crippen molar-refractivity contribution < 1.29 is 10.2 Å². The maximum absolute atomic E-state index is 12.0. The minimum Gasteiger partial charge on any atom is -0.191 e. The average molecular weight is 116 g/mol. The third-order valence-electron chi connectivity index (χ3n) is 0.628. The van der Waals surface area contributed by atoms with Gasteiger partial charge in [0.2, 0.25) is 11.9 Å². The van der Waals surface area contributed by atoms with E-state index in [1.54, 1.807) is 0 Å². The Bertz CT molecular complexity index is 226. The lowest BCUT2D eigenvalue weighted by molar-refractivity contribution is 0.513. The molecule has 8 heavy (non-hydrogen) atoms. The predicted octanol–water partition coefficient (Wildman–Crippen LogP) is 1.36. The van der Waals surface area contributed by atoms with E-state index in [-0.39, 0.29) is 0 Å². The fourth-order valence-electron chi connectivity index (χ4n) is 0.343. The molecule has 0 unspecified atom stereocenters. The van der Waals surface area contributed by atoms with Crippen molar-refractivity contribution >= 4 is 0 Å². The van der Waals surface area contributed by atoms with Crippen LogP contribution in [0.4, 0.5) is 8.78 Å². The summed E-state index contributed by atoms with van der Waals surface area (Å²) in [5, 5.41) is 0. The molecule has 3 heteroatoms. The highest BCUT2D eigenvalue weighted by Crippen LogP contribution is 1.93. The van der Waals surface area contributed by atoms with Crippen molar-refractivity contribution in [1.82, 2.24) is 4.98 Å². The van der Waals surface area contributed by atoms with E-state index in [1.165, 1.54) is 0 Å². The molecule has 0 saturated carbocycles. The number of rotatable bonds is 0. The van der Waals surface area contributed by atoms with Crippen LogP contribution in [0.25, 0.3) is 0 Å². The van der Waals surface area contributed by atoms with E-state index < -0.39 is 17.9 Å². The van der Waals surface area contributed by atoms with Gasteiger partial charge in [0.15, 0.2) is 0 Å². The van der Waals surface area contributed by atoms with Crippen LogP contribution in [0.3, 0.4) is 0 Å². The number of pyridine rings is 1. The summed E-state index contributed by atoms with van der Waals surface area (Å²) in [7, 11) is 0. The number of aromatic nitrogens is 1. The molecule has 0 N–H and O–H groups in total. The van der Waals surface area contributed by atoms with Crippen molar-refractivity contribution in [2.75, 3.05) is 0 Å². The van der Waals surface area contributed by atoms with Crippen LogP contribution < -0.4 is 0 Å². The Kier molecular flexibility index (Phi) is 0.917. The van der Waals surface area contributed by atoms with E-state index in [0.717, 1.165) is 12.1 Å². The first-order valence-electron chi connectivity index (χ1n) is 2.49. The summed E-state index contributed by atoms with van der Waals surface area (Å²) in [4.78, 5) is 2.75. The molecule has 0 aliphatic rings. The Morgan fingerprint density at radius 3 is 2.75 bits per heavy atom. The van der Waals surface area contributed by atoms with Gasteiger partial charge in [-0.05, 0) is 12.1 Å². The van der Waals surface area contributed by atoms with Crippen molar-refractivity contribution in [3.63, 3.8) is 0 Å². The second kappa shape index (κ2) is 1.86. The molecule has 0 aromatic carbocycles. The van der Waals surface area contributed by atoms with Crippen LogP contribution in [0, 0.1) is 11.9 Å². The van der Waals surface area contributed by atoms with Gasteiger partial charge >= 0.3 is 0 Å².